The molecule has 1 aromatic carbocycles. The molecule has 1 aliphatic carbocycles. The van der Waals surface area contributed by atoms with Gasteiger partial charge in [-0.05, 0) is 68.9 Å². The highest BCUT2D eigenvalue weighted by Crippen LogP contribution is 2.40. The number of hydrogen-bond acceptors (Lipinski definition) is 2. The van der Waals surface area contributed by atoms with Crippen LogP contribution in [0.5, 0.6) is 0 Å². The van der Waals surface area contributed by atoms with Crippen LogP contribution >= 0.6 is 0 Å². The lowest BCUT2D eigenvalue weighted by molar-refractivity contribution is -0.0689. The quantitative estimate of drug-likeness (QED) is 0.879. The van der Waals surface area contributed by atoms with Gasteiger partial charge in [-0.2, -0.15) is 0 Å². The molecule has 21 heavy (non-hydrogen) atoms. The molecule has 1 fully saturated rings. The molecular formula is C18H27NO2. The minimum Gasteiger partial charge on any atom is -0.392 e. The third-order valence-corrected chi connectivity index (χ3v) is 5.75. The zero-order chi connectivity index (χ0) is 16.1. The highest BCUT2D eigenvalue weighted by Gasteiger charge is 2.48. The van der Waals surface area contributed by atoms with Gasteiger partial charge in [-0.15, -0.1) is 0 Å². The van der Waals surface area contributed by atoms with Crippen LogP contribution in [0, 0.1) is 40.0 Å². The zero-order valence-electron chi connectivity index (χ0n) is 14.2. The Morgan fingerprint density at radius 3 is 1.81 bits per heavy atom. The summed E-state index contributed by atoms with van der Waals surface area (Å²) in [5, 5.41) is 12.9. The fourth-order valence-corrected chi connectivity index (χ4v) is 3.22. The van der Waals surface area contributed by atoms with E-state index in [1.54, 1.807) is 0 Å². The first-order valence-electron chi connectivity index (χ1n) is 7.64. The summed E-state index contributed by atoms with van der Waals surface area (Å²) < 4.78 is 0. The molecule has 0 saturated heterocycles. The molecule has 0 spiro atoms. The molecule has 1 aliphatic rings. The molecule has 3 heteroatoms. The van der Waals surface area contributed by atoms with Crippen molar-refractivity contribution in [1.29, 1.82) is 0 Å². The number of aliphatic hydroxyl groups excluding tert-OH is 1. The van der Waals surface area contributed by atoms with E-state index in [1.165, 1.54) is 16.7 Å². The Morgan fingerprint density at radius 2 is 1.43 bits per heavy atom. The smallest absolute Gasteiger partial charge is 0.252 e. The normalized spacial score (nSPS) is 23.6. The summed E-state index contributed by atoms with van der Waals surface area (Å²) >= 11 is 0. The van der Waals surface area contributed by atoms with Crippen molar-refractivity contribution in [2.75, 3.05) is 0 Å². The van der Waals surface area contributed by atoms with E-state index in [1.807, 2.05) is 27.7 Å². The summed E-state index contributed by atoms with van der Waals surface area (Å²) in [6.07, 6.45) is 0.312. The zero-order valence-corrected chi connectivity index (χ0v) is 14.2. The van der Waals surface area contributed by atoms with Crippen LogP contribution in [0.15, 0.2) is 0 Å². The first-order valence-corrected chi connectivity index (χ1v) is 7.64. The average molecular weight is 289 g/mol. The van der Waals surface area contributed by atoms with Crippen LogP contribution in [0.25, 0.3) is 0 Å². The molecule has 0 radical (unpaired) electrons. The van der Waals surface area contributed by atoms with Gasteiger partial charge in [0.25, 0.3) is 5.91 Å². The van der Waals surface area contributed by atoms with Crippen LogP contribution in [0.1, 0.15) is 58.4 Å². The third-order valence-electron chi connectivity index (χ3n) is 5.75. The lowest BCUT2D eigenvalue weighted by atomic mass is 9.64. The summed E-state index contributed by atoms with van der Waals surface area (Å²) in [5.41, 5.74) is 6.32. The number of rotatable bonds is 2. The van der Waals surface area contributed by atoms with Crippen molar-refractivity contribution in [3.63, 3.8) is 0 Å². The van der Waals surface area contributed by atoms with E-state index < -0.39 is 0 Å². The maximum absolute atomic E-state index is 12.7. The lowest BCUT2D eigenvalue weighted by Crippen LogP contribution is -2.61. The summed E-state index contributed by atoms with van der Waals surface area (Å²) in [4.78, 5) is 12.7. The molecule has 2 N–H and O–H groups in total. The van der Waals surface area contributed by atoms with Gasteiger partial charge in [0.2, 0.25) is 0 Å². The van der Waals surface area contributed by atoms with Gasteiger partial charge in [-0.25, -0.2) is 0 Å². The number of benzene rings is 1. The molecule has 2 unspecified atom stereocenters. The Hall–Kier alpha value is -1.35. The number of hydrogen-bond donors (Lipinski definition) is 2. The average Bonchev–Trinajstić information content (AvgIpc) is 2.43. The summed E-state index contributed by atoms with van der Waals surface area (Å²) in [7, 11) is 0. The van der Waals surface area contributed by atoms with Crippen molar-refractivity contribution in [1.82, 2.24) is 5.32 Å². The molecule has 0 aliphatic heterocycles. The van der Waals surface area contributed by atoms with Crippen molar-refractivity contribution in [2.45, 2.75) is 67.0 Å². The molecule has 3 nitrogen and oxygen atoms in total. The summed E-state index contributed by atoms with van der Waals surface area (Å²) in [6, 6.07) is 0.0423. The van der Waals surface area contributed by atoms with Gasteiger partial charge in [0, 0.05) is 17.0 Å². The van der Waals surface area contributed by atoms with Crippen molar-refractivity contribution >= 4 is 5.91 Å². The highest BCUT2D eigenvalue weighted by atomic mass is 16.3. The minimum absolute atomic E-state index is 0.0128. The fourth-order valence-electron chi connectivity index (χ4n) is 3.22. The van der Waals surface area contributed by atoms with Crippen LogP contribution in [-0.2, 0) is 0 Å². The van der Waals surface area contributed by atoms with Crippen LogP contribution in [-0.4, -0.2) is 23.2 Å². The molecule has 2 rings (SSSR count). The molecule has 1 amide bonds. The largest absolute Gasteiger partial charge is 0.392 e. The maximum atomic E-state index is 12.7. The first kappa shape index (κ1) is 16.0. The summed E-state index contributed by atoms with van der Waals surface area (Å²) in [5.74, 6) is -0.0128. The van der Waals surface area contributed by atoms with Crippen LogP contribution in [0.3, 0.4) is 0 Å². The number of amides is 1. The second-order valence-corrected chi connectivity index (χ2v) is 7.10. The van der Waals surface area contributed by atoms with E-state index in [-0.39, 0.29) is 23.5 Å². The molecule has 116 valence electrons. The van der Waals surface area contributed by atoms with Gasteiger partial charge in [0.05, 0.1) is 6.10 Å². The minimum atomic E-state index is -0.327. The van der Waals surface area contributed by atoms with Crippen molar-refractivity contribution in [2.24, 2.45) is 5.41 Å². The second-order valence-electron chi connectivity index (χ2n) is 7.10. The Morgan fingerprint density at radius 1 is 1.00 bits per heavy atom. The van der Waals surface area contributed by atoms with E-state index in [4.69, 9.17) is 0 Å². The van der Waals surface area contributed by atoms with Crippen LogP contribution < -0.4 is 5.32 Å². The molecule has 2 atom stereocenters. The fraction of sp³-hybridized carbons (Fsp3) is 0.611. The number of aliphatic hydroxyl groups is 1. The maximum Gasteiger partial charge on any atom is 0.252 e. The molecule has 1 aromatic rings. The number of carbonyl (C=O) groups is 1. The predicted octanol–water partition coefficient (Wildman–Crippen LogP) is 3.12. The molecular weight excluding hydrogens is 262 g/mol. The van der Waals surface area contributed by atoms with Gasteiger partial charge in [-0.3, -0.25) is 4.79 Å². The first-order chi connectivity index (χ1) is 9.59. The molecule has 1 saturated carbocycles. The second kappa shape index (κ2) is 5.13. The van der Waals surface area contributed by atoms with E-state index in [9.17, 15) is 9.90 Å². The van der Waals surface area contributed by atoms with Crippen molar-refractivity contribution < 1.29 is 9.90 Å². The van der Waals surface area contributed by atoms with Gasteiger partial charge < -0.3 is 10.4 Å². The highest BCUT2D eigenvalue weighted by molar-refractivity contribution is 5.98. The Balaban J connectivity index is 2.33. The molecule has 0 bridgehead atoms. The van der Waals surface area contributed by atoms with E-state index in [0.29, 0.717) is 6.42 Å². The molecule has 0 aromatic heterocycles. The predicted molar refractivity (Wildman–Crippen MR) is 85.8 cm³/mol. The SMILES string of the molecule is Cc1c(C)c(C)c(C(=O)NC2CC(O)C2(C)C)c(C)c1C. The topological polar surface area (TPSA) is 49.3 Å². The lowest BCUT2D eigenvalue weighted by Gasteiger charge is -2.49. The van der Waals surface area contributed by atoms with Gasteiger partial charge >= 0.3 is 0 Å². The van der Waals surface area contributed by atoms with Gasteiger partial charge in [0.15, 0.2) is 0 Å². The Bertz CT molecular complexity index is 573. The molecule has 0 heterocycles. The van der Waals surface area contributed by atoms with Crippen LogP contribution in [0.4, 0.5) is 0 Å². The standard InChI is InChI=1S/C18H27NO2/c1-9-10(2)12(4)16(13(5)11(9)3)17(21)19-14-8-15(20)18(14,6)7/h14-15,20H,8H2,1-7H3,(H,19,21). The van der Waals surface area contributed by atoms with Gasteiger partial charge in [-0.1, -0.05) is 13.8 Å². The number of nitrogens with one attached hydrogen (secondary N) is 1. The Labute approximate surface area is 127 Å². The monoisotopic (exact) mass is 289 g/mol. The van der Waals surface area contributed by atoms with E-state index in [2.05, 4.69) is 26.1 Å². The Kier molecular flexibility index (Phi) is 3.92. The third kappa shape index (κ3) is 2.38. The van der Waals surface area contributed by atoms with E-state index >= 15 is 0 Å². The van der Waals surface area contributed by atoms with Crippen molar-refractivity contribution in [3.8, 4) is 0 Å². The van der Waals surface area contributed by atoms with E-state index in [0.717, 1.165) is 16.7 Å². The van der Waals surface area contributed by atoms with Crippen molar-refractivity contribution in [3.05, 3.63) is 33.4 Å². The van der Waals surface area contributed by atoms with Gasteiger partial charge in [0.1, 0.15) is 0 Å². The summed E-state index contributed by atoms with van der Waals surface area (Å²) in [6.45, 7) is 14.3. The van der Waals surface area contributed by atoms with Crippen LogP contribution in [0.2, 0.25) is 0 Å². The number of carbonyl (C=O) groups excluding carboxylic acids is 1.